The van der Waals surface area contributed by atoms with Crippen LogP contribution < -0.4 is 19.9 Å². The largest absolute Gasteiger partial charge is 0.490 e. The lowest BCUT2D eigenvalue weighted by Crippen LogP contribution is -2.44. The third kappa shape index (κ3) is 7.35. The van der Waals surface area contributed by atoms with E-state index >= 15 is 0 Å². The minimum atomic E-state index is 0.100. The molecular weight excluding hydrogens is 492 g/mol. The summed E-state index contributed by atoms with van der Waals surface area (Å²) in [7, 11) is 2.17. The molecule has 1 saturated heterocycles. The number of aromatic nitrogens is 2. The van der Waals surface area contributed by atoms with Gasteiger partial charge in [0.15, 0.2) is 11.5 Å². The first kappa shape index (κ1) is 27.1. The molecule has 1 aliphatic heterocycles. The van der Waals surface area contributed by atoms with Gasteiger partial charge in [-0.25, -0.2) is 9.97 Å². The number of benzene rings is 2. The van der Waals surface area contributed by atoms with Crippen molar-refractivity contribution in [1.82, 2.24) is 19.8 Å². The number of ether oxygens (including phenoxy) is 3. The van der Waals surface area contributed by atoms with Gasteiger partial charge >= 0.3 is 0 Å². The molecule has 2 fully saturated rings. The van der Waals surface area contributed by atoms with E-state index < -0.39 is 0 Å². The molecule has 0 radical (unpaired) electrons. The van der Waals surface area contributed by atoms with Crippen LogP contribution in [0.3, 0.4) is 0 Å². The molecule has 1 aromatic heterocycles. The fourth-order valence-corrected chi connectivity index (χ4v) is 5.10. The van der Waals surface area contributed by atoms with Crippen molar-refractivity contribution >= 4 is 10.9 Å². The topological polar surface area (TPSA) is 110 Å². The molecular formula is C30H38N6O3. The van der Waals surface area contributed by atoms with Gasteiger partial charge < -0.3 is 29.7 Å². The van der Waals surface area contributed by atoms with Crippen molar-refractivity contribution in [3.8, 4) is 23.4 Å². The van der Waals surface area contributed by atoms with E-state index in [1.165, 1.54) is 6.33 Å². The van der Waals surface area contributed by atoms with E-state index in [1.54, 1.807) is 12.1 Å². The molecule has 0 bridgehead atoms. The Balaban J connectivity index is 1.32. The van der Waals surface area contributed by atoms with E-state index in [4.69, 9.17) is 25.2 Å². The quantitative estimate of drug-likeness (QED) is 0.392. The van der Waals surface area contributed by atoms with Crippen LogP contribution >= 0.6 is 0 Å². The van der Waals surface area contributed by atoms with Gasteiger partial charge in [-0.1, -0.05) is 12.1 Å². The second-order valence-electron chi connectivity index (χ2n) is 10.6. The monoisotopic (exact) mass is 530 g/mol. The number of fused-ring (bicyclic) bond motifs is 1. The summed E-state index contributed by atoms with van der Waals surface area (Å²) in [5.41, 5.74) is 8.42. The predicted octanol–water partition coefficient (Wildman–Crippen LogP) is 3.75. The number of piperazine rings is 1. The Morgan fingerprint density at radius 3 is 2.46 bits per heavy atom. The highest BCUT2D eigenvalue weighted by molar-refractivity contribution is 5.86. The van der Waals surface area contributed by atoms with Crippen LogP contribution in [0.4, 0.5) is 0 Å². The standard InChI is InChI=1S/C30H38N6O3/c1-35-12-14-36(15-13-35)11-2-16-37-28-17-26-27(18-29(28)38-20-23-5-3-22(19-31)4-6-23)33-21-34-30(26)39-25-9-7-24(32)8-10-25/h3-6,17-18,21,24-25H,2,7-16,20,32H2,1H3. The van der Waals surface area contributed by atoms with Gasteiger partial charge in [0.1, 0.15) is 19.0 Å². The number of nitriles is 1. The van der Waals surface area contributed by atoms with Crippen molar-refractivity contribution < 1.29 is 14.2 Å². The summed E-state index contributed by atoms with van der Waals surface area (Å²) in [5, 5.41) is 9.89. The minimum Gasteiger partial charge on any atom is -0.490 e. The Kier molecular flexibility index (Phi) is 9.09. The predicted molar refractivity (Wildman–Crippen MR) is 150 cm³/mol. The average molecular weight is 531 g/mol. The van der Waals surface area contributed by atoms with Crippen molar-refractivity contribution in [3.05, 3.63) is 53.9 Å². The summed E-state index contributed by atoms with van der Waals surface area (Å²) >= 11 is 0. The number of nitrogens with two attached hydrogens (primary N) is 1. The van der Waals surface area contributed by atoms with Gasteiger partial charge in [-0.2, -0.15) is 5.26 Å². The molecule has 1 saturated carbocycles. The number of nitrogens with zero attached hydrogens (tertiary/aromatic N) is 5. The van der Waals surface area contributed by atoms with E-state index in [0.29, 0.717) is 36.2 Å². The van der Waals surface area contributed by atoms with Crippen LogP contribution in [0.25, 0.3) is 10.9 Å². The lowest BCUT2D eigenvalue weighted by atomic mass is 9.94. The third-order valence-corrected chi connectivity index (χ3v) is 7.61. The molecule has 0 atom stereocenters. The highest BCUT2D eigenvalue weighted by Crippen LogP contribution is 2.36. The summed E-state index contributed by atoms with van der Waals surface area (Å²) in [6.45, 7) is 6.33. The summed E-state index contributed by atoms with van der Waals surface area (Å²) in [6, 6.07) is 13.7. The minimum absolute atomic E-state index is 0.100. The molecule has 3 aromatic rings. The van der Waals surface area contributed by atoms with Crippen LogP contribution in [-0.2, 0) is 6.61 Å². The van der Waals surface area contributed by atoms with Crippen LogP contribution in [0.15, 0.2) is 42.7 Å². The van der Waals surface area contributed by atoms with Crippen LogP contribution in [0, 0.1) is 11.3 Å². The third-order valence-electron chi connectivity index (χ3n) is 7.61. The molecule has 0 spiro atoms. The number of hydrogen-bond acceptors (Lipinski definition) is 9. The van der Waals surface area contributed by atoms with E-state index in [-0.39, 0.29) is 12.1 Å². The first-order valence-corrected chi connectivity index (χ1v) is 13.9. The van der Waals surface area contributed by atoms with Gasteiger partial charge in [0.2, 0.25) is 5.88 Å². The molecule has 2 heterocycles. The SMILES string of the molecule is CN1CCN(CCCOc2cc3c(OC4CCC(N)CC4)ncnc3cc2OCc2ccc(C#N)cc2)CC1. The average Bonchev–Trinajstić information content (AvgIpc) is 2.96. The van der Waals surface area contributed by atoms with Crippen LogP contribution in [0.1, 0.15) is 43.2 Å². The van der Waals surface area contributed by atoms with Gasteiger partial charge in [0.25, 0.3) is 0 Å². The van der Waals surface area contributed by atoms with E-state index in [0.717, 1.165) is 81.3 Å². The second kappa shape index (κ2) is 13.1. The normalized spacial score (nSPS) is 20.4. The van der Waals surface area contributed by atoms with Gasteiger partial charge in [-0.05, 0) is 62.9 Å². The van der Waals surface area contributed by atoms with Crippen molar-refractivity contribution in [3.63, 3.8) is 0 Å². The molecule has 2 aliphatic rings. The molecule has 9 heteroatoms. The molecule has 0 amide bonds. The van der Waals surface area contributed by atoms with Gasteiger partial charge in [0.05, 0.1) is 29.1 Å². The van der Waals surface area contributed by atoms with Crippen LogP contribution in [-0.4, -0.2) is 78.3 Å². The maximum absolute atomic E-state index is 9.08. The van der Waals surface area contributed by atoms with Gasteiger partial charge in [-0.15, -0.1) is 0 Å². The highest BCUT2D eigenvalue weighted by Gasteiger charge is 2.22. The smallest absolute Gasteiger partial charge is 0.224 e. The van der Waals surface area contributed by atoms with Crippen molar-refractivity contribution in [2.24, 2.45) is 5.73 Å². The Morgan fingerprint density at radius 1 is 0.974 bits per heavy atom. The van der Waals surface area contributed by atoms with Crippen molar-refractivity contribution in [1.29, 1.82) is 5.26 Å². The fourth-order valence-electron chi connectivity index (χ4n) is 5.10. The highest BCUT2D eigenvalue weighted by atomic mass is 16.5. The van der Waals surface area contributed by atoms with Crippen molar-refractivity contribution in [2.75, 3.05) is 46.4 Å². The number of hydrogen-bond donors (Lipinski definition) is 1. The lowest BCUT2D eigenvalue weighted by Gasteiger charge is -2.32. The molecule has 9 nitrogen and oxygen atoms in total. The second-order valence-corrected chi connectivity index (χ2v) is 10.6. The maximum Gasteiger partial charge on any atom is 0.224 e. The van der Waals surface area contributed by atoms with E-state index in [9.17, 15) is 0 Å². The Morgan fingerprint density at radius 2 is 1.72 bits per heavy atom. The van der Waals surface area contributed by atoms with E-state index in [1.807, 2.05) is 24.3 Å². The molecule has 206 valence electrons. The summed E-state index contributed by atoms with van der Waals surface area (Å²) in [4.78, 5) is 13.8. The molecule has 2 aromatic carbocycles. The van der Waals surface area contributed by atoms with E-state index in [2.05, 4.69) is 32.9 Å². The Labute approximate surface area is 230 Å². The summed E-state index contributed by atoms with van der Waals surface area (Å²) in [6.07, 6.45) is 6.33. The first-order chi connectivity index (χ1) is 19.1. The molecule has 1 aliphatic carbocycles. The molecule has 5 rings (SSSR count). The lowest BCUT2D eigenvalue weighted by molar-refractivity contribution is 0.143. The maximum atomic E-state index is 9.08. The number of likely N-dealkylation sites (N-methyl/N-ethyl adjacent to an activating group) is 1. The zero-order chi connectivity index (χ0) is 27.0. The summed E-state index contributed by atoms with van der Waals surface area (Å²) < 4.78 is 18.9. The fraction of sp³-hybridized carbons (Fsp3) is 0.500. The molecule has 39 heavy (non-hydrogen) atoms. The zero-order valence-corrected chi connectivity index (χ0v) is 22.7. The number of rotatable bonds is 10. The molecule has 2 N–H and O–H groups in total. The molecule has 0 unspecified atom stereocenters. The van der Waals surface area contributed by atoms with Crippen molar-refractivity contribution in [2.45, 2.75) is 50.9 Å². The van der Waals surface area contributed by atoms with Crippen LogP contribution in [0.2, 0.25) is 0 Å². The van der Waals surface area contributed by atoms with Gasteiger partial charge in [-0.3, -0.25) is 0 Å². The first-order valence-electron chi connectivity index (χ1n) is 13.9. The van der Waals surface area contributed by atoms with Crippen LogP contribution in [0.5, 0.6) is 17.4 Å². The zero-order valence-electron chi connectivity index (χ0n) is 22.7. The Bertz CT molecular complexity index is 1260. The Hall–Kier alpha value is -3.45. The summed E-state index contributed by atoms with van der Waals surface area (Å²) in [5.74, 6) is 1.85. The van der Waals surface area contributed by atoms with Gasteiger partial charge in [0, 0.05) is 44.8 Å².